The van der Waals surface area contributed by atoms with Crippen molar-refractivity contribution in [3.63, 3.8) is 0 Å². The van der Waals surface area contributed by atoms with Crippen molar-refractivity contribution in [1.82, 2.24) is 0 Å². The number of rotatable bonds is 10. The van der Waals surface area contributed by atoms with E-state index in [1.165, 1.54) is 6.08 Å². The predicted molar refractivity (Wildman–Crippen MR) is 77.6 cm³/mol. The molecule has 0 bridgehead atoms. The topological polar surface area (TPSA) is 37.3 Å². The molecule has 0 heterocycles. The lowest BCUT2D eigenvalue weighted by molar-refractivity contribution is -0.131. The molecule has 0 rings (SSSR count). The van der Waals surface area contributed by atoms with Crippen LogP contribution >= 0.6 is 0 Å². The van der Waals surface area contributed by atoms with Gasteiger partial charge in [-0.25, -0.2) is 4.79 Å². The van der Waals surface area contributed by atoms with Crippen molar-refractivity contribution in [2.24, 2.45) is 0 Å². The summed E-state index contributed by atoms with van der Waals surface area (Å²) >= 11 is 0. The molecule has 18 heavy (non-hydrogen) atoms. The zero-order valence-electron chi connectivity index (χ0n) is 11.2. The van der Waals surface area contributed by atoms with E-state index in [1.807, 2.05) is 6.92 Å². The summed E-state index contributed by atoms with van der Waals surface area (Å²) in [7, 11) is 0. The van der Waals surface area contributed by atoms with E-state index in [0.717, 1.165) is 38.5 Å². The summed E-state index contributed by atoms with van der Waals surface area (Å²) in [5.74, 6) is -0.873. The minimum Gasteiger partial charge on any atom is -0.478 e. The Balaban J connectivity index is 3.35. The molecule has 0 aromatic carbocycles. The molecule has 0 aliphatic rings. The number of aliphatic carboxylic acids is 1. The average Bonchev–Trinajstić information content (AvgIpc) is 2.34. The van der Waals surface area contributed by atoms with Crippen molar-refractivity contribution in [3.05, 3.63) is 48.6 Å². The first kappa shape index (κ1) is 16.4. The first-order chi connectivity index (χ1) is 8.77. The van der Waals surface area contributed by atoms with Gasteiger partial charge in [-0.05, 0) is 45.4 Å². The maximum Gasteiger partial charge on any atom is 0.327 e. The van der Waals surface area contributed by atoms with Crippen LogP contribution in [0.25, 0.3) is 0 Å². The first-order valence-electron chi connectivity index (χ1n) is 6.58. The zero-order valence-corrected chi connectivity index (χ0v) is 11.2. The normalized spacial score (nSPS) is 12.5. The number of hydrogen-bond acceptors (Lipinski definition) is 1. The molecule has 100 valence electrons. The third-order valence-corrected chi connectivity index (χ3v) is 2.33. The molecule has 0 aromatic rings. The van der Waals surface area contributed by atoms with Crippen LogP contribution in [0.1, 0.15) is 45.4 Å². The molecule has 1 N–H and O–H groups in total. The van der Waals surface area contributed by atoms with Crippen molar-refractivity contribution in [3.8, 4) is 0 Å². The second-order valence-corrected chi connectivity index (χ2v) is 3.98. The summed E-state index contributed by atoms with van der Waals surface area (Å²) in [5.41, 5.74) is 0. The SMILES string of the molecule is CC=CCCC=CCCC=CCCC=CC(=O)O. The van der Waals surface area contributed by atoms with E-state index < -0.39 is 5.97 Å². The molecule has 0 radical (unpaired) electrons. The second-order valence-electron chi connectivity index (χ2n) is 3.98. The zero-order chi connectivity index (χ0) is 13.5. The third kappa shape index (κ3) is 14.4. The summed E-state index contributed by atoms with van der Waals surface area (Å²) in [6.45, 7) is 2.04. The summed E-state index contributed by atoms with van der Waals surface area (Å²) in [6, 6.07) is 0. The summed E-state index contributed by atoms with van der Waals surface area (Å²) in [5, 5.41) is 8.37. The lowest BCUT2D eigenvalue weighted by atomic mass is 10.2. The first-order valence-corrected chi connectivity index (χ1v) is 6.58. The van der Waals surface area contributed by atoms with Crippen molar-refractivity contribution >= 4 is 5.97 Å². The highest BCUT2D eigenvalue weighted by molar-refractivity contribution is 5.79. The van der Waals surface area contributed by atoms with Crippen LogP contribution in [0, 0.1) is 0 Å². The van der Waals surface area contributed by atoms with Gasteiger partial charge in [-0.3, -0.25) is 0 Å². The minimum absolute atomic E-state index is 0.794. The molecule has 0 atom stereocenters. The fraction of sp³-hybridized carbons (Fsp3) is 0.438. The second kappa shape index (κ2) is 13.5. The Morgan fingerprint density at radius 3 is 1.56 bits per heavy atom. The number of unbranched alkanes of at least 4 members (excludes halogenated alkanes) is 3. The molecule has 0 saturated carbocycles. The van der Waals surface area contributed by atoms with Crippen LogP contribution in [0.5, 0.6) is 0 Å². The van der Waals surface area contributed by atoms with Gasteiger partial charge >= 0.3 is 5.97 Å². The van der Waals surface area contributed by atoms with E-state index in [1.54, 1.807) is 6.08 Å². The van der Waals surface area contributed by atoms with Crippen LogP contribution in [0.2, 0.25) is 0 Å². The van der Waals surface area contributed by atoms with E-state index in [2.05, 4.69) is 36.5 Å². The fourth-order valence-corrected chi connectivity index (χ4v) is 1.40. The maximum absolute atomic E-state index is 10.2. The van der Waals surface area contributed by atoms with Gasteiger partial charge in [0.05, 0.1) is 0 Å². The Labute approximate surface area is 110 Å². The van der Waals surface area contributed by atoms with Crippen LogP contribution in [0.3, 0.4) is 0 Å². The van der Waals surface area contributed by atoms with Gasteiger partial charge in [0.15, 0.2) is 0 Å². The van der Waals surface area contributed by atoms with Gasteiger partial charge in [0.1, 0.15) is 0 Å². The molecule has 0 amide bonds. The summed E-state index contributed by atoms with van der Waals surface area (Å²) < 4.78 is 0. The molecule has 2 heteroatoms. The van der Waals surface area contributed by atoms with Crippen molar-refractivity contribution < 1.29 is 9.90 Å². The molecule has 0 saturated heterocycles. The summed E-state index contributed by atoms with van der Waals surface area (Å²) in [4.78, 5) is 10.2. The highest BCUT2D eigenvalue weighted by Gasteiger charge is 1.83. The van der Waals surface area contributed by atoms with Gasteiger partial charge in [0, 0.05) is 6.08 Å². The van der Waals surface area contributed by atoms with E-state index in [0.29, 0.717) is 0 Å². The van der Waals surface area contributed by atoms with Crippen LogP contribution in [-0.2, 0) is 4.79 Å². The van der Waals surface area contributed by atoms with Gasteiger partial charge in [-0.2, -0.15) is 0 Å². The maximum atomic E-state index is 10.2. The van der Waals surface area contributed by atoms with Crippen LogP contribution in [-0.4, -0.2) is 11.1 Å². The van der Waals surface area contributed by atoms with E-state index in [-0.39, 0.29) is 0 Å². The number of allylic oxidation sites excluding steroid dienone is 7. The molecule has 0 aromatic heterocycles. The lowest BCUT2D eigenvalue weighted by Crippen LogP contribution is -1.85. The molecular formula is C16H24O2. The Morgan fingerprint density at radius 1 is 0.778 bits per heavy atom. The van der Waals surface area contributed by atoms with Crippen molar-refractivity contribution in [2.75, 3.05) is 0 Å². The fourth-order valence-electron chi connectivity index (χ4n) is 1.40. The number of hydrogen-bond donors (Lipinski definition) is 1. The van der Waals surface area contributed by atoms with Gasteiger partial charge in [-0.1, -0.05) is 42.5 Å². The van der Waals surface area contributed by atoms with Crippen molar-refractivity contribution in [2.45, 2.75) is 45.4 Å². The Bertz CT molecular complexity index is 309. The van der Waals surface area contributed by atoms with Gasteiger partial charge < -0.3 is 5.11 Å². The monoisotopic (exact) mass is 248 g/mol. The van der Waals surface area contributed by atoms with Gasteiger partial charge in [0.25, 0.3) is 0 Å². The standard InChI is InChI=1S/C16H24O2/c1-2-3-4-5-6-7-8-9-10-11-12-13-14-15-16(17)18/h2-3,6-7,10-11,14-15H,4-5,8-9,12-13H2,1H3,(H,17,18). The molecule has 0 spiro atoms. The van der Waals surface area contributed by atoms with Crippen LogP contribution in [0.4, 0.5) is 0 Å². The minimum atomic E-state index is -0.873. The third-order valence-electron chi connectivity index (χ3n) is 2.33. The lowest BCUT2D eigenvalue weighted by Gasteiger charge is -1.89. The summed E-state index contributed by atoms with van der Waals surface area (Å²) in [6.07, 6.45) is 21.9. The predicted octanol–water partition coefficient (Wildman–Crippen LogP) is 4.66. The van der Waals surface area contributed by atoms with E-state index in [9.17, 15) is 4.79 Å². The number of carboxylic acid groups (broad SMARTS) is 1. The Hall–Kier alpha value is -1.57. The Kier molecular flexibility index (Phi) is 12.3. The smallest absolute Gasteiger partial charge is 0.327 e. The number of carbonyl (C=O) groups is 1. The average molecular weight is 248 g/mol. The number of carboxylic acids is 1. The molecule has 0 unspecified atom stereocenters. The van der Waals surface area contributed by atoms with Gasteiger partial charge in [-0.15, -0.1) is 0 Å². The Morgan fingerprint density at radius 2 is 1.17 bits per heavy atom. The molecule has 0 aliphatic carbocycles. The molecule has 2 nitrogen and oxygen atoms in total. The molecular weight excluding hydrogens is 224 g/mol. The van der Waals surface area contributed by atoms with E-state index in [4.69, 9.17) is 5.11 Å². The van der Waals surface area contributed by atoms with E-state index >= 15 is 0 Å². The molecule has 0 fully saturated rings. The quantitative estimate of drug-likeness (QED) is 0.347. The van der Waals surface area contributed by atoms with Crippen LogP contribution in [0.15, 0.2) is 48.6 Å². The highest BCUT2D eigenvalue weighted by atomic mass is 16.4. The van der Waals surface area contributed by atoms with Crippen LogP contribution < -0.4 is 0 Å². The van der Waals surface area contributed by atoms with Crippen molar-refractivity contribution in [1.29, 1.82) is 0 Å². The largest absolute Gasteiger partial charge is 0.478 e. The highest BCUT2D eigenvalue weighted by Crippen LogP contribution is 1.99. The van der Waals surface area contributed by atoms with Gasteiger partial charge in [0.2, 0.25) is 0 Å². The molecule has 0 aliphatic heterocycles.